The fraction of sp³-hybridized carbons (Fsp3) is 0.111. The Kier molecular flexibility index (Phi) is 2.77. The largest absolute Gasteiger partial charge is 0.517 e. The van der Waals surface area contributed by atoms with E-state index in [-0.39, 0.29) is 20.6 Å². The lowest BCUT2D eigenvalue weighted by Crippen LogP contribution is -2.29. The second-order valence-corrected chi connectivity index (χ2v) is 5.37. The molecular formula is C9H5F3N2O4S. The van der Waals surface area contributed by atoms with Gasteiger partial charge in [-0.1, -0.05) is 0 Å². The highest BCUT2D eigenvalue weighted by molar-refractivity contribution is 7.90. The molecule has 1 aromatic carbocycles. The van der Waals surface area contributed by atoms with E-state index in [2.05, 4.69) is 0 Å². The normalized spacial score (nSPS) is 12.8. The molecule has 6 nitrogen and oxygen atoms in total. The molecule has 0 aliphatic carbocycles. The number of non-ortho nitro benzene ring substituents is 1. The molecular weight excluding hydrogens is 289 g/mol. The fourth-order valence-corrected chi connectivity index (χ4v) is 2.41. The highest BCUT2D eigenvalue weighted by Crippen LogP contribution is 2.30. The van der Waals surface area contributed by atoms with E-state index < -0.39 is 20.5 Å². The quantitative estimate of drug-likeness (QED) is 0.628. The maximum atomic E-state index is 12.4. The number of benzene rings is 1. The van der Waals surface area contributed by atoms with Crippen LogP contribution in [0.1, 0.15) is 0 Å². The van der Waals surface area contributed by atoms with E-state index >= 15 is 0 Å². The molecule has 10 heteroatoms. The lowest BCUT2D eigenvalue weighted by molar-refractivity contribution is -0.384. The highest BCUT2D eigenvalue weighted by atomic mass is 32.2. The summed E-state index contributed by atoms with van der Waals surface area (Å²) in [6.07, 6.45) is 0.706. The average molecular weight is 294 g/mol. The van der Waals surface area contributed by atoms with E-state index in [1.165, 1.54) is 0 Å². The Labute approximate surface area is 104 Å². The summed E-state index contributed by atoms with van der Waals surface area (Å²) in [6, 6.07) is 3.95. The van der Waals surface area contributed by atoms with Gasteiger partial charge in [0.05, 0.1) is 10.4 Å². The van der Waals surface area contributed by atoms with Gasteiger partial charge < -0.3 is 0 Å². The van der Waals surface area contributed by atoms with Crippen molar-refractivity contribution in [2.75, 3.05) is 0 Å². The first-order chi connectivity index (χ1) is 8.64. The first kappa shape index (κ1) is 13.3. The average Bonchev–Trinajstić information content (AvgIpc) is 2.70. The van der Waals surface area contributed by atoms with Gasteiger partial charge in [0, 0.05) is 23.7 Å². The number of nitro benzene ring substituents is 1. The van der Waals surface area contributed by atoms with Crippen molar-refractivity contribution in [1.82, 2.24) is 3.97 Å². The topological polar surface area (TPSA) is 82.2 Å². The standard InChI is InChI=1S/C9H5F3N2O4S/c10-9(11,12)19(17,18)13-4-3-6-5-7(14(15)16)1-2-8(6)13/h1-5H. The predicted octanol–water partition coefficient (Wildman–Crippen LogP) is 2.25. The van der Waals surface area contributed by atoms with Gasteiger partial charge in [0.1, 0.15) is 0 Å². The summed E-state index contributed by atoms with van der Waals surface area (Å²) in [5.74, 6) is 0. The van der Waals surface area contributed by atoms with Crippen LogP contribution in [0.25, 0.3) is 10.9 Å². The van der Waals surface area contributed by atoms with Gasteiger partial charge >= 0.3 is 15.5 Å². The molecule has 0 spiro atoms. The second kappa shape index (κ2) is 3.95. The van der Waals surface area contributed by atoms with Gasteiger partial charge in [-0.15, -0.1) is 0 Å². The minimum Gasteiger partial charge on any atom is -0.258 e. The highest BCUT2D eigenvalue weighted by Gasteiger charge is 2.47. The number of hydrogen-bond donors (Lipinski definition) is 0. The Morgan fingerprint density at radius 1 is 1.21 bits per heavy atom. The van der Waals surface area contributed by atoms with Crippen molar-refractivity contribution < 1.29 is 26.5 Å². The molecule has 1 aromatic heterocycles. The van der Waals surface area contributed by atoms with Gasteiger partial charge in [-0.3, -0.25) is 10.1 Å². The van der Waals surface area contributed by atoms with Crippen molar-refractivity contribution in [1.29, 1.82) is 0 Å². The monoisotopic (exact) mass is 294 g/mol. The molecule has 0 saturated carbocycles. The summed E-state index contributed by atoms with van der Waals surface area (Å²) >= 11 is 0. The zero-order valence-corrected chi connectivity index (χ0v) is 9.77. The zero-order chi connectivity index (χ0) is 14.4. The predicted molar refractivity (Wildman–Crippen MR) is 59.0 cm³/mol. The summed E-state index contributed by atoms with van der Waals surface area (Å²) in [4.78, 5) is 9.78. The number of nitro groups is 1. The maximum Gasteiger partial charge on any atom is 0.517 e. The number of hydrogen-bond acceptors (Lipinski definition) is 4. The Balaban J connectivity index is 2.69. The lowest BCUT2D eigenvalue weighted by atomic mass is 10.2. The summed E-state index contributed by atoms with van der Waals surface area (Å²) < 4.78 is 59.8. The maximum absolute atomic E-state index is 12.4. The van der Waals surface area contributed by atoms with Gasteiger partial charge in [0.2, 0.25) is 0 Å². The van der Waals surface area contributed by atoms with Crippen LogP contribution in [0.2, 0.25) is 0 Å². The number of rotatable bonds is 2. The third-order valence-corrected chi connectivity index (χ3v) is 3.82. The Morgan fingerprint density at radius 2 is 1.84 bits per heavy atom. The van der Waals surface area contributed by atoms with Crippen LogP contribution in [0.5, 0.6) is 0 Å². The number of nitrogens with zero attached hydrogens (tertiary/aromatic N) is 2. The molecule has 0 unspecified atom stereocenters. The Bertz CT molecular complexity index is 763. The molecule has 0 radical (unpaired) electrons. The number of alkyl halides is 3. The van der Waals surface area contributed by atoms with Crippen LogP contribution < -0.4 is 0 Å². The van der Waals surface area contributed by atoms with Crippen molar-refractivity contribution in [2.24, 2.45) is 0 Å². The third-order valence-electron chi connectivity index (χ3n) is 2.40. The Hall–Kier alpha value is -2.10. The van der Waals surface area contributed by atoms with E-state index in [1.807, 2.05) is 0 Å². The molecule has 0 aliphatic heterocycles. The van der Waals surface area contributed by atoms with Crippen molar-refractivity contribution in [3.63, 3.8) is 0 Å². The zero-order valence-electron chi connectivity index (χ0n) is 8.96. The molecule has 0 fully saturated rings. The summed E-state index contributed by atoms with van der Waals surface area (Å²) in [6.45, 7) is 0. The van der Waals surface area contributed by atoms with Crippen LogP contribution in [0.3, 0.4) is 0 Å². The molecule has 0 amide bonds. The van der Waals surface area contributed by atoms with E-state index in [0.29, 0.717) is 6.20 Å². The fourth-order valence-electron chi connectivity index (χ4n) is 1.54. The SMILES string of the molecule is O=[N+]([O-])c1ccc2c(ccn2S(=O)(=O)C(F)(F)F)c1. The van der Waals surface area contributed by atoms with Crippen LogP contribution in [0.4, 0.5) is 18.9 Å². The van der Waals surface area contributed by atoms with E-state index in [0.717, 1.165) is 24.3 Å². The number of halogens is 3. The molecule has 102 valence electrons. The van der Waals surface area contributed by atoms with Crippen molar-refractivity contribution in [3.8, 4) is 0 Å². The van der Waals surface area contributed by atoms with E-state index in [9.17, 15) is 31.7 Å². The molecule has 2 aromatic rings. The van der Waals surface area contributed by atoms with E-state index in [1.54, 1.807) is 0 Å². The van der Waals surface area contributed by atoms with Gasteiger partial charge in [-0.05, 0) is 12.1 Å². The minimum atomic E-state index is -5.55. The van der Waals surface area contributed by atoms with Gasteiger partial charge in [0.15, 0.2) is 0 Å². The van der Waals surface area contributed by atoms with Crippen LogP contribution in [0, 0.1) is 10.1 Å². The number of aromatic nitrogens is 1. The first-order valence-electron chi connectivity index (χ1n) is 4.72. The molecule has 19 heavy (non-hydrogen) atoms. The van der Waals surface area contributed by atoms with Gasteiger partial charge in [-0.2, -0.15) is 21.6 Å². The van der Waals surface area contributed by atoms with Crippen LogP contribution >= 0.6 is 0 Å². The smallest absolute Gasteiger partial charge is 0.258 e. The van der Waals surface area contributed by atoms with Crippen molar-refractivity contribution in [2.45, 2.75) is 5.51 Å². The van der Waals surface area contributed by atoms with E-state index in [4.69, 9.17) is 0 Å². The first-order valence-corrected chi connectivity index (χ1v) is 6.16. The van der Waals surface area contributed by atoms with Gasteiger partial charge in [-0.25, -0.2) is 3.97 Å². The summed E-state index contributed by atoms with van der Waals surface area (Å²) in [7, 11) is -5.55. The van der Waals surface area contributed by atoms with Crippen LogP contribution in [-0.4, -0.2) is 22.8 Å². The molecule has 0 aliphatic rings. The number of fused-ring (bicyclic) bond motifs is 1. The van der Waals surface area contributed by atoms with Gasteiger partial charge in [0.25, 0.3) is 5.69 Å². The second-order valence-electron chi connectivity index (χ2n) is 3.56. The minimum absolute atomic E-state index is 0.0297. The van der Waals surface area contributed by atoms with Crippen molar-refractivity contribution >= 4 is 26.6 Å². The lowest BCUT2D eigenvalue weighted by Gasteiger charge is -2.09. The molecule has 0 N–H and O–H groups in total. The molecule has 1 heterocycles. The summed E-state index contributed by atoms with van der Waals surface area (Å²) in [5, 5.41) is 10.5. The van der Waals surface area contributed by atoms with Crippen molar-refractivity contribution in [3.05, 3.63) is 40.6 Å². The van der Waals surface area contributed by atoms with Crippen LogP contribution in [-0.2, 0) is 10.0 Å². The molecule has 0 atom stereocenters. The third kappa shape index (κ3) is 2.03. The molecule has 2 rings (SSSR count). The molecule has 0 saturated heterocycles. The van der Waals surface area contributed by atoms with Crippen LogP contribution in [0.15, 0.2) is 30.5 Å². The summed E-state index contributed by atoms with van der Waals surface area (Å²) in [5.41, 5.74) is -6.06. The Morgan fingerprint density at radius 3 is 2.37 bits per heavy atom. The molecule has 0 bridgehead atoms.